The second-order valence-corrected chi connectivity index (χ2v) is 6.42. The minimum Gasteiger partial charge on any atom is -0.476 e. The van der Waals surface area contributed by atoms with Gasteiger partial charge in [-0.2, -0.15) is 0 Å². The van der Waals surface area contributed by atoms with Crippen molar-refractivity contribution in [3.63, 3.8) is 0 Å². The highest BCUT2D eigenvalue weighted by molar-refractivity contribution is 5.85. The van der Waals surface area contributed by atoms with E-state index < -0.39 is 5.97 Å². The van der Waals surface area contributed by atoms with E-state index >= 15 is 0 Å². The number of aromatic nitrogens is 3. The molecule has 9 heteroatoms. The molecule has 0 radical (unpaired) electrons. The van der Waals surface area contributed by atoms with Crippen molar-refractivity contribution in [2.45, 2.75) is 52.1 Å². The maximum atomic E-state index is 12.5. The van der Waals surface area contributed by atoms with Gasteiger partial charge in [0.2, 0.25) is 11.8 Å². The van der Waals surface area contributed by atoms with Crippen molar-refractivity contribution in [2.75, 3.05) is 13.1 Å². The average molecular weight is 351 g/mol. The molecule has 0 aromatic carbocycles. The Labute approximate surface area is 146 Å². The summed E-state index contributed by atoms with van der Waals surface area (Å²) in [6.07, 6.45) is 4.70. The minimum atomic E-state index is -1.19. The number of nitrogens with one attached hydrogen (secondary N) is 1. The van der Waals surface area contributed by atoms with E-state index in [4.69, 9.17) is 5.11 Å². The van der Waals surface area contributed by atoms with Gasteiger partial charge in [0.25, 0.3) is 0 Å². The summed E-state index contributed by atoms with van der Waals surface area (Å²) in [5.41, 5.74) is -0.201. The number of hydrogen-bond donors (Lipinski definition) is 2. The fourth-order valence-electron chi connectivity index (χ4n) is 2.90. The Morgan fingerprint density at radius 1 is 1.36 bits per heavy atom. The van der Waals surface area contributed by atoms with Crippen LogP contribution in [0.2, 0.25) is 0 Å². The third kappa shape index (κ3) is 5.01. The van der Waals surface area contributed by atoms with E-state index in [0.717, 1.165) is 25.7 Å². The van der Waals surface area contributed by atoms with Gasteiger partial charge in [-0.05, 0) is 26.2 Å². The third-order valence-electron chi connectivity index (χ3n) is 4.46. The first-order valence-corrected chi connectivity index (χ1v) is 8.63. The Balaban J connectivity index is 1.94. The predicted octanol–water partition coefficient (Wildman–Crippen LogP) is 0.520. The molecule has 1 aromatic rings. The monoisotopic (exact) mass is 351 g/mol. The van der Waals surface area contributed by atoms with E-state index in [0.29, 0.717) is 13.1 Å². The summed E-state index contributed by atoms with van der Waals surface area (Å²) in [6, 6.07) is 0.0367. The van der Waals surface area contributed by atoms with Crippen LogP contribution in [0.3, 0.4) is 0 Å². The first kappa shape index (κ1) is 18.9. The number of carboxylic acids is 1. The lowest BCUT2D eigenvalue weighted by molar-refractivity contribution is -0.139. The van der Waals surface area contributed by atoms with Crippen molar-refractivity contribution in [2.24, 2.45) is 5.92 Å². The van der Waals surface area contributed by atoms with Gasteiger partial charge in [0.1, 0.15) is 6.54 Å². The Morgan fingerprint density at radius 3 is 2.76 bits per heavy atom. The van der Waals surface area contributed by atoms with Crippen molar-refractivity contribution in [1.29, 1.82) is 0 Å². The molecule has 0 bridgehead atoms. The fraction of sp³-hybridized carbons (Fsp3) is 0.688. The molecule has 138 valence electrons. The maximum absolute atomic E-state index is 12.5. The van der Waals surface area contributed by atoms with Gasteiger partial charge in [-0.1, -0.05) is 18.6 Å². The number of carbonyl (C=O) groups excluding carboxylic acids is 2. The summed E-state index contributed by atoms with van der Waals surface area (Å²) in [4.78, 5) is 37.3. The molecular formula is C16H25N5O4. The van der Waals surface area contributed by atoms with Crippen molar-refractivity contribution in [1.82, 2.24) is 25.2 Å². The molecule has 0 saturated carbocycles. The van der Waals surface area contributed by atoms with Crippen molar-refractivity contribution in [3.05, 3.63) is 11.9 Å². The lowest BCUT2D eigenvalue weighted by Crippen LogP contribution is -2.50. The summed E-state index contributed by atoms with van der Waals surface area (Å²) in [6.45, 7) is 4.96. The second-order valence-electron chi connectivity index (χ2n) is 6.42. The average Bonchev–Trinajstić information content (AvgIpc) is 3.04. The van der Waals surface area contributed by atoms with E-state index in [1.165, 1.54) is 10.9 Å². The van der Waals surface area contributed by atoms with Crippen LogP contribution >= 0.6 is 0 Å². The zero-order chi connectivity index (χ0) is 18.4. The molecule has 9 nitrogen and oxygen atoms in total. The van der Waals surface area contributed by atoms with Crippen molar-refractivity contribution in [3.8, 4) is 0 Å². The second kappa shape index (κ2) is 8.59. The molecule has 1 fully saturated rings. The SMILES string of the molecule is CCCCNC(=O)C1CCC(C)N(C(=O)Cn2cc(C(=O)O)nn2)C1. The topological polar surface area (TPSA) is 117 Å². The summed E-state index contributed by atoms with van der Waals surface area (Å²) >= 11 is 0. The quantitative estimate of drug-likeness (QED) is 0.692. The lowest BCUT2D eigenvalue weighted by Gasteiger charge is -2.37. The highest BCUT2D eigenvalue weighted by atomic mass is 16.4. The van der Waals surface area contributed by atoms with E-state index in [1.807, 2.05) is 6.92 Å². The number of unbranched alkanes of at least 4 members (excludes halogenated alkanes) is 1. The number of rotatable bonds is 7. The summed E-state index contributed by atoms with van der Waals surface area (Å²) in [5.74, 6) is -1.59. The zero-order valence-corrected chi connectivity index (χ0v) is 14.6. The Kier molecular flexibility index (Phi) is 6.49. The molecule has 2 N–H and O–H groups in total. The van der Waals surface area contributed by atoms with Crippen LogP contribution in [0.25, 0.3) is 0 Å². The number of likely N-dealkylation sites (tertiary alicyclic amines) is 1. The molecule has 1 aliphatic heterocycles. The predicted molar refractivity (Wildman–Crippen MR) is 88.8 cm³/mol. The Hall–Kier alpha value is -2.45. The molecule has 1 aromatic heterocycles. The number of nitrogens with zero attached hydrogens (tertiary/aromatic N) is 4. The van der Waals surface area contributed by atoms with E-state index in [9.17, 15) is 14.4 Å². The molecule has 2 rings (SSSR count). The first-order chi connectivity index (χ1) is 11.9. The van der Waals surface area contributed by atoms with Crippen LogP contribution in [-0.4, -0.2) is 61.9 Å². The number of piperidine rings is 1. The normalized spacial score (nSPS) is 20.3. The Morgan fingerprint density at radius 2 is 2.12 bits per heavy atom. The largest absolute Gasteiger partial charge is 0.476 e. The maximum Gasteiger partial charge on any atom is 0.358 e. The number of carbonyl (C=O) groups is 3. The van der Waals surface area contributed by atoms with Crippen LogP contribution in [0.5, 0.6) is 0 Å². The van der Waals surface area contributed by atoms with Crippen molar-refractivity contribution >= 4 is 17.8 Å². The molecule has 0 spiro atoms. The molecule has 1 aliphatic rings. The van der Waals surface area contributed by atoms with Crippen LogP contribution in [-0.2, 0) is 16.1 Å². The molecular weight excluding hydrogens is 326 g/mol. The van der Waals surface area contributed by atoms with Crippen LogP contribution < -0.4 is 5.32 Å². The molecule has 2 amide bonds. The van der Waals surface area contributed by atoms with E-state index in [2.05, 4.69) is 22.6 Å². The summed E-state index contributed by atoms with van der Waals surface area (Å²) in [7, 11) is 0. The summed E-state index contributed by atoms with van der Waals surface area (Å²) in [5, 5.41) is 18.9. The number of hydrogen-bond acceptors (Lipinski definition) is 5. The van der Waals surface area contributed by atoms with Gasteiger partial charge in [-0.15, -0.1) is 5.10 Å². The van der Waals surface area contributed by atoms with Gasteiger partial charge in [0, 0.05) is 19.1 Å². The van der Waals surface area contributed by atoms with Gasteiger partial charge >= 0.3 is 5.97 Å². The van der Waals surface area contributed by atoms with Crippen LogP contribution in [0.1, 0.15) is 50.0 Å². The standard InChI is InChI=1S/C16H25N5O4/c1-3-4-7-17-15(23)12-6-5-11(2)21(8-12)14(22)10-20-9-13(16(24)25)18-19-20/h9,11-12H,3-8,10H2,1-2H3,(H,17,23)(H,24,25). The van der Waals surface area contributed by atoms with Crippen LogP contribution in [0.4, 0.5) is 0 Å². The molecule has 25 heavy (non-hydrogen) atoms. The molecule has 2 unspecified atom stereocenters. The smallest absolute Gasteiger partial charge is 0.358 e. The minimum absolute atomic E-state index is 0.00734. The molecule has 0 aliphatic carbocycles. The number of aromatic carboxylic acids is 1. The first-order valence-electron chi connectivity index (χ1n) is 8.63. The van der Waals surface area contributed by atoms with Gasteiger partial charge in [-0.3, -0.25) is 9.59 Å². The molecule has 2 atom stereocenters. The van der Waals surface area contributed by atoms with Gasteiger partial charge in [-0.25, -0.2) is 9.48 Å². The molecule has 2 heterocycles. The van der Waals surface area contributed by atoms with Crippen LogP contribution in [0, 0.1) is 5.92 Å². The number of amides is 2. The summed E-state index contributed by atoms with van der Waals surface area (Å²) < 4.78 is 1.21. The Bertz CT molecular complexity index is 630. The van der Waals surface area contributed by atoms with Crippen molar-refractivity contribution < 1.29 is 19.5 Å². The van der Waals surface area contributed by atoms with Gasteiger partial charge in [0.15, 0.2) is 5.69 Å². The third-order valence-corrected chi connectivity index (χ3v) is 4.46. The van der Waals surface area contributed by atoms with Gasteiger partial charge in [0.05, 0.1) is 12.1 Å². The zero-order valence-electron chi connectivity index (χ0n) is 14.6. The van der Waals surface area contributed by atoms with E-state index in [1.54, 1.807) is 4.90 Å². The highest BCUT2D eigenvalue weighted by Gasteiger charge is 2.32. The van der Waals surface area contributed by atoms with Gasteiger partial charge < -0.3 is 15.3 Å². The van der Waals surface area contributed by atoms with Crippen LogP contribution in [0.15, 0.2) is 6.20 Å². The number of carboxylic acid groups (broad SMARTS) is 1. The highest BCUT2D eigenvalue weighted by Crippen LogP contribution is 2.22. The van der Waals surface area contributed by atoms with E-state index in [-0.39, 0.29) is 36.0 Å². The molecule has 1 saturated heterocycles. The lowest BCUT2D eigenvalue weighted by atomic mass is 9.92. The fourth-order valence-corrected chi connectivity index (χ4v) is 2.90.